The van der Waals surface area contributed by atoms with Crippen LogP contribution in [-0.4, -0.2) is 46.1 Å². The molecule has 0 radical (unpaired) electrons. The Morgan fingerprint density at radius 3 is 2.62 bits per heavy atom. The first-order valence-corrected chi connectivity index (χ1v) is 8.60. The Balaban J connectivity index is 1.93. The van der Waals surface area contributed by atoms with Gasteiger partial charge in [-0.1, -0.05) is 0 Å². The smallest absolute Gasteiger partial charge is 0.185 e. The number of fused-ring (bicyclic) bond motifs is 1. The minimum absolute atomic E-state index is 0.137. The summed E-state index contributed by atoms with van der Waals surface area (Å²) in [5.41, 5.74) is 5.95. The van der Waals surface area contributed by atoms with Crippen molar-refractivity contribution in [1.29, 1.82) is 0 Å². The molecule has 2 unspecified atom stereocenters. The second-order valence-electron chi connectivity index (χ2n) is 5.27. The summed E-state index contributed by atoms with van der Waals surface area (Å²) in [7, 11) is -3.54. The summed E-state index contributed by atoms with van der Waals surface area (Å²) < 4.78 is 41.8. The van der Waals surface area contributed by atoms with E-state index in [2.05, 4.69) is 0 Å². The van der Waals surface area contributed by atoms with E-state index in [-0.39, 0.29) is 11.5 Å². The molecule has 2 heterocycles. The standard InChI is InChI=1S/C14H19NO5S/c15-11-4-7-18-9-14(11)21(16,17)10-2-3-12-13(8-10)20-6-1-5-19-12/h2-3,8,11,14H,1,4-7,9,15H2. The Bertz CT molecular complexity index is 616. The van der Waals surface area contributed by atoms with Gasteiger partial charge in [-0.25, -0.2) is 8.42 Å². The van der Waals surface area contributed by atoms with Gasteiger partial charge in [0, 0.05) is 25.1 Å². The Hall–Kier alpha value is -1.31. The third-order valence-corrected chi connectivity index (χ3v) is 6.00. The molecule has 2 N–H and O–H groups in total. The number of hydrogen-bond acceptors (Lipinski definition) is 6. The van der Waals surface area contributed by atoms with Gasteiger partial charge >= 0.3 is 0 Å². The fraction of sp³-hybridized carbons (Fsp3) is 0.571. The van der Waals surface area contributed by atoms with Crippen LogP contribution in [0, 0.1) is 0 Å². The van der Waals surface area contributed by atoms with Crippen molar-refractivity contribution in [2.45, 2.75) is 29.0 Å². The molecule has 0 saturated carbocycles. The maximum atomic E-state index is 12.7. The van der Waals surface area contributed by atoms with Gasteiger partial charge in [-0.15, -0.1) is 0 Å². The first kappa shape index (κ1) is 14.6. The van der Waals surface area contributed by atoms with Gasteiger partial charge < -0.3 is 19.9 Å². The number of sulfone groups is 1. The van der Waals surface area contributed by atoms with Crippen LogP contribution >= 0.6 is 0 Å². The van der Waals surface area contributed by atoms with Gasteiger partial charge in [-0.3, -0.25) is 0 Å². The van der Waals surface area contributed by atoms with Crippen molar-refractivity contribution in [2.24, 2.45) is 5.73 Å². The van der Waals surface area contributed by atoms with E-state index in [9.17, 15) is 8.42 Å². The molecule has 0 aromatic heterocycles. The average molecular weight is 313 g/mol. The van der Waals surface area contributed by atoms with Crippen molar-refractivity contribution >= 4 is 9.84 Å². The minimum atomic E-state index is -3.54. The van der Waals surface area contributed by atoms with E-state index in [1.54, 1.807) is 12.1 Å². The first-order valence-electron chi connectivity index (χ1n) is 7.06. The van der Waals surface area contributed by atoms with Gasteiger partial charge in [-0.2, -0.15) is 0 Å². The second kappa shape index (κ2) is 5.82. The number of ether oxygens (including phenoxy) is 3. The zero-order chi connectivity index (χ0) is 14.9. The van der Waals surface area contributed by atoms with Crippen molar-refractivity contribution in [3.63, 3.8) is 0 Å². The molecule has 0 spiro atoms. The van der Waals surface area contributed by atoms with E-state index in [0.29, 0.717) is 37.7 Å². The lowest BCUT2D eigenvalue weighted by molar-refractivity contribution is 0.0891. The summed E-state index contributed by atoms with van der Waals surface area (Å²) in [6, 6.07) is 4.31. The molecule has 6 nitrogen and oxygen atoms in total. The molecule has 0 amide bonds. The quantitative estimate of drug-likeness (QED) is 0.866. The summed E-state index contributed by atoms with van der Waals surface area (Å²) >= 11 is 0. The van der Waals surface area contributed by atoms with Crippen LogP contribution in [-0.2, 0) is 14.6 Å². The maximum Gasteiger partial charge on any atom is 0.185 e. The molecule has 7 heteroatoms. The minimum Gasteiger partial charge on any atom is -0.490 e. The van der Waals surface area contributed by atoms with E-state index < -0.39 is 21.1 Å². The van der Waals surface area contributed by atoms with Crippen LogP contribution in [0.4, 0.5) is 0 Å². The SMILES string of the molecule is NC1CCOCC1S(=O)(=O)c1ccc2c(c1)OCCCO2. The molecule has 0 bridgehead atoms. The predicted molar refractivity (Wildman–Crippen MR) is 76.4 cm³/mol. The van der Waals surface area contributed by atoms with E-state index in [1.807, 2.05) is 0 Å². The topological polar surface area (TPSA) is 87.9 Å². The number of hydrogen-bond donors (Lipinski definition) is 1. The Labute approximate surface area is 124 Å². The molecule has 1 aromatic carbocycles. The Morgan fingerprint density at radius 2 is 1.86 bits per heavy atom. The van der Waals surface area contributed by atoms with Gasteiger partial charge in [0.05, 0.1) is 24.7 Å². The highest BCUT2D eigenvalue weighted by molar-refractivity contribution is 7.92. The first-order chi connectivity index (χ1) is 10.1. The van der Waals surface area contributed by atoms with Crippen molar-refractivity contribution in [3.8, 4) is 11.5 Å². The average Bonchev–Trinajstić information content (AvgIpc) is 2.72. The van der Waals surface area contributed by atoms with Crippen molar-refractivity contribution < 1.29 is 22.6 Å². The maximum absolute atomic E-state index is 12.7. The summed E-state index contributed by atoms with van der Waals surface area (Å²) in [5, 5.41) is -0.712. The van der Waals surface area contributed by atoms with Crippen LogP contribution in [0.25, 0.3) is 0 Å². The molecule has 1 fully saturated rings. The normalized spacial score (nSPS) is 26.1. The zero-order valence-corrected chi connectivity index (χ0v) is 12.5. The van der Waals surface area contributed by atoms with Crippen molar-refractivity contribution in [3.05, 3.63) is 18.2 Å². The van der Waals surface area contributed by atoms with Gasteiger partial charge in [0.2, 0.25) is 0 Å². The van der Waals surface area contributed by atoms with Gasteiger partial charge in [0.1, 0.15) is 5.25 Å². The molecule has 2 aliphatic rings. The van der Waals surface area contributed by atoms with Crippen LogP contribution < -0.4 is 15.2 Å². The zero-order valence-electron chi connectivity index (χ0n) is 11.7. The molecule has 0 aliphatic carbocycles. The van der Waals surface area contributed by atoms with E-state index in [0.717, 1.165) is 6.42 Å². The van der Waals surface area contributed by atoms with Gasteiger partial charge in [0.15, 0.2) is 21.3 Å². The summed E-state index contributed by atoms with van der Waals surface area (Å²) in [6.45, 7) is 1.73. The van der Waals surface area contributed by atoms with E-state index in [4.69, 9.17) is 19.9 Å². The molecule has 1 aromatic rings. The number of nitrogens with two attached hydrogens (primary N) is 1. The summed E-state index contributed by atoms with van der Waals surface area (Å²) in [6.07, 6.45) is 1.33. The van der Waals surface area contributed by atoms with Gasteiger partial charge in [-0.05, 0) is 18.6 Å². The van der Waals surface area contributed by atoms with E-state index in [1.165, 1.54) is 6.07 Å². The lowest BCUT2D eigenvalue weighted by Gasteiger charge is -2.28. The highest BCUT2D eigenvalue weighted by Gasteiger charge is 2.36. The molecule has 1 saturated heterocycles. The van der Waals surface area contributed by atoms with Crippen LogP contribution in [0.5, 0.6) is 11.5 Å². The Kier molecular flexibility index (Phi) is 4.05. The highest BCUT2D eigenvalue weighted by Crippen LogP contribution is 2.33. The molecule has 116 valence electrons. The molecular weight excluding hydrogens is 294 g/mol. The number of benzene rings is 1. The largest absolute Gasteiger partial charge is 0.490 e. The van der Waals surface area contributed by atoms with Crippen molar-refractivity contribution in [2.75, 3.05) is 26.4 Å². The fourth-order valence-electron chi connectivity index (χ4n) is 2.54. The summed E-state index contributed by atoms with van der Waals surface area (Å²) in [4.78, 5) is 0.206. The van der Waals surface area contributed by atoms with Crippen LogP contribution in [0.2, 0.25) is 0 Å². The molecule has 2 aliphatic heterocycles. The summed E-state index contributed by atoms with van der Waals surface area (Å²) in [5.74, 6) is 1.05. The lowest BCUT2D eigenvalue weighted by Crippen LogP contribution is -2.47. The third-order valence-electron chi connectivity index (χ3n) is 3.80. The lowest BCUT2D eigenvalue weighted by atomic mass is 10.1. The van der Waals surface area contributed by atoms with Crippen molar-refractivity contribution in [1.82, 2.24) is 0 Å². The van der Waals surface area contributed by atoms with Gasteiger partial charge in [0.25, 0.3) is 0 Å². The van der Waals surface area contributed by atoms with Crippen LogP contribution in [0.1, 0.15) is 12.8 Å². The van der Waals surface area contributed by atoms with Crippen LogP contribution in [0.3, 0.4) is 0 Å². The molecule has 2 atom stereocenters. The Morgan fingerprint density at radius 1 is 1.10 bits per heavy atom. The predicted octanol–water partition coefficient (Wildman–Crippen LogP) is 0.738. The molecular formula is C14H19NO5S. The second-order valence-corrected chi connectivity index (χ2v) is 7.44. The highest BCUT2D eigenvalue weighted by atomic mass is 32.2. The fourth-order valence-corrected chi connectivity index (χ4v) is 4.29. The number of rotatable bonds is 2. The monoisotopic (exact) mass is 313 g/mol. The third kappa shape index (κ3) is 2.86. The molecule has 3 rings (SSSR count). The van der Waals surface area contributed by atoms with Crippen LogP contribution in [0.15, 0.2) is 23.1 Å². The van der Waals surface area contributed by atoms with E-state index >= 15 is 0 Å². The molecule has 21 heavy (non-hydrogen) atoms.